The van der Waals surface area contributed by atoms with Gasteiger partial charge in [0.1, 0.15) is 0 Å². The van der Waals surface area contributed by atoms with Crippen molar-refractivity contribution in [2.75, 3.05) is 0 Å². The van der Waals surface area contributed by atoms with E-state index in [9.17, 15) is 0 Å². The average molecular weight is 242 g/mol. The summed E-state index contributed by atoms with van der Waals surface area (Å²) in [5.74, 6) is 0. The van der Waals surface area contributed by atoms with E-state index in [4.69, 9.17) is 29.4 Å². The third-order valence-corrected chi connectivity index (χ3v) is 0.667. The van der Waals surface area contributed by atoms with Crippen LogP contribution in [0.15, 0.2) is 36.4 Å². The summed E-state index contributed by atoms with van der Waals surface area (Å²) >= 11 is 0. The molecular formula is C6H12O6P2. The van der Waals surface area contributed by atoms with Gasteiger partial charge in [-0.1, -0.05) is 36.4 Å². The van der Waals surface area contributed by atoms with Gasteiger partial charge in [0.2, 0.25) is 0 Å². The summed E-state index contributed by atoms with van der Waals surface area (Å²) in [4.78, 5) is 43.4. The molecule has 0 fully saturated rings. The van der Waals surface area contributed by atoms with Gasteiger partial charge in [0.05, 0.1) is 0 Å². The zero-order valence-electron chi connectivity index (χ0n) is 7.04. The lowest BCUT2D eigenvalue weighted by atomic mass is 10.4. The molecule has 0 radical (unpaired) electrons. The van der Waals surface area contributed by atoms with Crippen LogP contribution in [0.1, 0.15) is 0 Å². The zero-order chi connectivity index (χ0) is 11.4. The Kier molecular flexibility index (Phi) is 14.9. The minimum absolute atomic E-state index is 2.00. The van der Waals surface area contributed by atoms with Crippen LogP contribution in [0.2, 0.25) is 0 Å². The van der Waals surface area contributed by atoms with E-state index in [0.717, 1.165) is 0 Å². The molecular weight excluding hydrogens is 230 g/mol. The molecule has 0 saturated carbocycles. The SMILES string of the molecule is OP(O)O.OP(O)O.c1ccccc1. The van der Waals surface area contributed by atoms with Gasteiger partial charge in [-0.2, -0.15) is 0 Å². The first-order valence-corrected chi connectivity index (χ1v) is 5.60. The van der Waals surface area contributed by atoms with Crippen molar-refractivity contribution in [2.24, 2.45) is 0 Å². The van der Waals surface area contributed by atoms with Gasteiger partial charge in [-0.15, -0.1) is 0 Å². The van der Waals surface area contributed by atoms with E-state index in [1.165, 1.54) is 0 Å². The summed E-state index contributed by atoms with van der Waals surface area (Å²) in [5, 5.41) is 0. The van der Waals surface area contributed by atoms with Crippen LogP contribution in [0, 0.1) is 0 Å². The van der Waals surface area contributed by atoms with Gasteiger partial charge in [-0.05, 0) is 0 Å². The molecule has 14 heavy (non-hydrogen) atoms. The second kappa shape index (κ2) is 12.8. The number of benzene rings is 1. The fraction of sp³-hybridized carbons (Fsp3) is 0. The largest absolute Gasteiger partial charge is 0.328 e. The van der Waals surface area contributed by atoms with Crippen LogP contribution in [0.5, 0.6) is 0 Å². The Bertz CT molecular complexity index is 145. The fourth-order valence-corrected chi connectivity index (χ4v) is 0.385. The first-order chi connectivity index (χ1) is 6.46. The summed E-state index contributed by atoms with van der Waals surface area (Å²) in [7, 11) is -5.24. The first-order valence-electron chi connectivity index (χ1n) is 3.20. The fourth-order valence-electron chi connectivity index (χ4n) is 0.385. The van der Waals surface area contributed by atoms with E-state index < -0.39 is 17.2 Å². The normalized spacial score (nSPS) is 8.57. The highest BCUT2D eigenvalue weighted by Crippen LogP contribution is 2.12. The maximum atomic E-state index is 7.23. The van der Waals surface area contributed by atoms with E-state index in [1.807, 2.05) is 36.4 Å². The molecule has 8 heteroatoms. The Morgan fingerprint density at radius 1 is 0.429 bits per heavy atom. The molecule has 6 nitrogen and oxygen atoms in total. The minimum Gasteiger partial charge on any atom is -0.328 e. The third-order valence-electron chi connectivity index (χ3n) is 0.667. The van der Waals surface area contributed by atoms with Crippen LogP contribution in [-0.2, 0) is 0 Å². The highest BCUT2D eigenvalue weighted by Gasteiger charge is 1.76. The maximum absolute atomic E-state index is 7.23. The third kappa shape index (κ3) is 40.8. The molecule has 0 bridgehead atoms. The van der Waals surface area contributed by atoms with Crippen molar-refractivity contribution in [2.45, 2.75) is 0 Å². The Morgan fingerprint density at radius 3 is 0.571 bits per heavy atom. The summed E-state index contributed by atoms with van der Waals surface area (Å²) in [6.45, 7) is 0. The summed E-state index contributed by atoms with van der Waals surface area (Å²) in [5.41, 5.74) is 0. The van der Waals surface area contributed by atoms with Gasteiger partial charge in [0.15, 0.2) is 0 Å². The quantitative estimate of drug-likeness (QED) is 0.358. The summed E-state index contributed by atoms with van der Waals surface area (Å²) < 4.78 is 0. The Balaban J connectivity index is 0. The molecule has 82 valence electrons. The van der Waals surface area contributed by atoms with E-state index in [2.05, 4.69) is 0 Å². The molecule has 0 saturated heterocycles. The molecule has 0 spiro atoms. The van der Waals surface area contributed by atoms with Gasteiger partial charge >= 0.3 is 17.2 Å². The highest BCUT2D eigenvalue weighted by molar-refractivity contribution is 7.38. The molecule has 0 aliphatic heterocycles. The van der Waals surface area contributed by atoms with Crippen molar-refractivity contribution in [3.05, 3.63) is 36.4 Å². The monoisotopic (exact) mass is 242 g/mol. The Labute approximate surface area is 83.7 Å². The average Bonchev–Trinajstić information content (AvgIpc) is 2.05. The Hall–Kier alpha value is -0.160. The van der Waals surface area contributed by atoms with Crippen molar-refractivity contribution in [1.82, 2.24) is 0 Å². The molecule has 1 aromatic rings. The number of rotatable bonds is 0. The predicted octanol–water partition coefficient (Wildman–Crippen LogP) is 0.0670. The molecule has 0 heterocycles. The van der Waals surface area contributed by atoms with Crippen molar-refractivity contribution >= 4 is 17.2 Å². The molecule has 0 aliphatic rings. The lowest BCUT2D eigenvalue weighted by Crippen LogP contribution is -1.54. The molecule has 1 aromatic carbocycles. The molecule has 0 unspecified atom stereocenters. The second-order valence-corrected chi connectivity index (χ2v) is 2.76. The van der Waals surface area contributed by atoms with Crippen molar-refractivity contribution in [3.63, 3.8) is 0 Å². The molecule has 1 rings (SSSR count). The smallest absolute Gasteiger partial charge is 0.324 e. The van der Waals surface area contributed by atoms with Crippen LogP contribution in [-0.4, -0.2) is 29.4 Å². The Morgan fingerprint density at radius 2 is 0.500 bits per heavy atom. The van der Waals surface area contributed by atoms with Crippen LogP contribution in [0.3, 0.4) is 0 Å². The van der Waals surface area contributed by atoms with Gasteiger partial charge in [-0.3, -0.25) is 0 Å². The van der Waals surface area contributed by atoms with E-state index in [0.29, 0.717) is 0 Å². The van der Waals surface area contributed by atoms with E-state index in [1.54, 1.807) is 0 Å². The predicted molar refractivity (Wildman–Crippen MR) is 53.6 cm³/mol. The van der Waals surface area contributed by atoms with Crippen LogP contribution >= 0.6 is 17.2 Å². The van der Waals surface area contributed by atoms with Crippen molar-refractivity contribution in [3.8, 4) is 0 Å². The lowest BCUT2D eigenvalue weighted by Gasteiger charge is -1.76. The van der Waals surface area contributed by atoms with Gasteiger partial charge in [-0.25, -0.2) is 0 Å². The molecule has 0 amide bonds. The zero-order valence-corrected chi connectivity index (χ0v) is 8.83. The van der Waals surface area contributed by atoms with Crippen molar-refractivity contribution < 1.29 is 29.4 Å². The topological polar surface area (TPSA) is 121 Å². The number of hydrogen-bond acceptors (Lipinski definition) is 6. The van der Waals surface area contributed by atoms with Gasteiger partial charge in [0, 0.05) is 0 Å². The lowest BCUT2D eigenvalue weighted by molar-refractivity contribution is 0.366. The summed E-state index contributed by atoms with van der Waals surface area (Å²) in [6.07, 6.45) is 0. The van der Waals surface area contributed by atoms with Gasteiger partial charge < -0.3 is 29.4 Å². The standard InChI is InChI=1S/C6H6.2H3O3P/c1-2-4-6-5-3-1;2*1-4(2)3/h1-6H;2*1-3H. The highest BCUT2D eigenvalue weighted by atomic mass is 31.2. The summed E-state index contributed by atoms with van der Waals surface area (Å²) in [6, 6.07) is 12.0. The first kappa shape index (κ1) is 16.3. The molecule has 0 aromatic heterocycles. The number of hydrogen-bond donors (Lipinski definition) is 6. The minimum atomic E-state index is -2.62. The maximum Gasteiger partial charge on any atom is 0.324 e. The second-order valence-electron chi connectivity index (χ2n) is 1.69. The van der Waals surface area contributed by atoms with Crippen LogP contribution in [0.25, 0.3) is 0 Å². The molecule has 0 atom stereocenters. The van der Waals surface area contributed by atoms with E-state index in [-0.39, 0.29) is 0 Å². The molecule has 6 N–H and O–H groups in total. The van der Waals surface area contributed by atoms with Crippen LogP contribution in [0.4, 0.5) is 0 Å². The van der Waals surface area contributed by atoms with Gasteiger partial charge in [0.25, 0.3) is 0 Å². The van der Waals surface area contributed by atoms with E-state index >= 15 is 0 Å². The molecule has 0 aliphatic carbocycles. The van der Waals surface area contributed by atoms with Crippen molar-refractivity contribution in [1.29, 1.82) is 0 Å². The van der Waals surface area contributed by atoms with Crippen LogP contribution < -0.4 is 0 Å².